The molecule has 3 heterocycles. The maximum atomic E-state index is 4.82. The van der Waals surface area contributed by atoms with Gasteiger partial charge in [-0.3, -0.25) is 9.38 Å². The highest BCUT2D eigenvalue weighted by Crippen LogP contribution is 2.34. The largest absolute Gasteiger partial charge is 0.365 e. The van der Waals surface area contributed by atoms with Crippen LogP contribution < -0.4 is 5.32 Å². The first kappa shape index (κ1) is 19.6. The number of nitrogens with zero attached hydrogens (tertiary/aromatic N) is 3. The van der Waals surface area contributed by atoms with Crippen molar-refractivity contribution >= 4 is 34.6 Å². The van der Waals surface area contributed by atoms with Gasteiger partial charge in [-0.25, -0.2) is 4.98 Å². The van der Waals surface area contributed by atoms with E-state index in [1.165, 1.54) is 4.90 Å². The molecule has 0 aliphatic carbocycles. The molecule has 4 nitrogen and oxygen atoms in total. The summed E-state index contributed by atoms with van der Waals surface area (Å²) in [4.78, 5) is 12.4. The number of benzene rings is 1. The molecule has 1 aromatic carbocycles. The topological polar surface area (TPSA) is 42.2 Å². The van der Waals surface area contributed by atoms with Crippen molar-refractivity contribution in [2.75, 3.05) is 11.6 Å². The Morgan fingerprint density at radius 3 is 2.79 bits per heavy atom. The quantitative estimate of drug-likeness (QED) is 0.338. The van der Waals surface area contributed by atoms with Gasteiger partial charge in [-0.05, 0) is 57.4 Å². The third-order valence-electron chi connectivity index (χ3n) is 4.16. The molecule has 0 atom stereocenters. The summed E-state index contributed by atoms with van der Waals surface area (Å²) in [7, 11) is 0. The van der Waals surface area contributed by atoms with E-state index in [1.54, 1.807) is 35.5 Å². The molecule has 4 aromatic rings. The lowest BCUT2D eigenvalue weighted by Gasteiger charge is -2.22. The number of hydrogen-bond donors (Lipinski definition) is 1. The summed E-state index contributed by atoms with van der Waals surface area (Å²) in [5.41, 5.74) is 2.69. The average Bonchev–Trinajstić information content (AvgIpc) is 3.30. The van der Waals surface area contributed by atoms with Crippen molar-refractivity contribution in [2.45, 2.75) is 31.2 Å². The number of rotatable bonds is 3. The van der Waals surface area contributed by atoms with Gasteiger partial charge in [-0.2, -0.15) is 0 Å². The lowest BCUT2D eigenvalue weighted by molar-refractivity contribution is 0.629. The Kier molecular flexibility index (Phi) is 5.35. The molecule has 4 rings (SSSR count). The van der Waals surface area contributed by atoms with Gasteiger partial charge in [-0.15, -0.1) is 23.1 Å². The molecule has 0 saturated carbocycles. The van der Waals surface area contributed by atoms with Crippen LogP contribution in [-0.4, -0.2) is 26.2 Å². The fraction of sp³-hybridized carbons (Fsp3) is 0.217. The molecule has 0 bridgehead atoms. The van der Waals surface area contributed by atoms with Crippen molar-refractivity contribution in [3.05, 3.63) is 65.4 Å². The van der Waals surface area contributed by atoms with E-state index >= 15 is 0 Å². The summed E-state index contributed by atoms with van der Waals surface area (Å²) in [6.45, 7) is 6.43. The van der Waals surface area contributed by atoms with Crippen molar-refractivity contribution in [1.82, 2.24) is 14.4 Å². The minimum absolute atomic E-state index is 0.0871. The number of nitrogens with one attached hydrogen (secondary N) is 1. The van der Waals surface area contributed by atoms with E-state index < -0.39 is 0 Å². The van der Waals surface area contributed by atoms with Gasteiger partial charge < -0.3 is 5.32 Å². The van der Waals surface area contributed by atoms with Gasteiger partial charge in [0.1, 0.15) is 11.5 Å². The SMILES string of the molecule is CSc1cccc(C#Cc2ccc(-c3nc4cnccn4c3NC(C)(C)C)s2)c1. The lowest BCUT2D eigenvalue weighted by atomic mass is 10.1. The highest BCUT2D eigenvalue weighted by atomic mass is 32.2. The molecule has 0 spiro atoms. The molecular formula is C23H22N4S2. The van der Waals surface area contributed by atoms with Crippen LogP contribution >= 0.6 is 23.1 Å². The first-order chi connectivity index (χ1) is 13.9. The zero-order valence-corrected chi connectivity index (χ0v) is 18.5. The van der Waals surface area contributed by atoms with Crippen molar-refractivity contribution in [3.63, 3.8) is 0 Å². The molecule has 3 aromatic heterocycles. The summed E-state index contributed by atoms with van der Waals surface area (Å²) in [5.74, 6) is 7.55. The van der Waals surface area contributed by atoms with Gasteiger partial charge in [0, 0.05) is 28.4 Å². The Morgan fingerprint density at radius 2 is 2.00 bits per heavy atom. The van der Waals surface area contributed by atoms with Crippen LogP contribution in [0.15, 0.2) is 59.9 Å². The maximum Gasteiger partial charge on any atom is 0.157 e. The molecule has 0 saturated heterocycles. The van der Waals surface area contributed by atoms with E-state index in [0.29, 0.717) is 0 Å². The zero-order chi connectivity index (χ0) is 20.4. The van der Waals surface area contributed by atoms with Gasteiger partial charge in [-0.1, -0.05) is 17.9 Å². The number of anilines is 1. The van der Waals surface area contributed by atoms with E-state index in [2.05, 4.69) is 73.4 Å². The summed E-state index contributed by atoms with van der Waals surface area (Å²) in [6, 6.07) is 12.5. The normalized spacial score (nSPS) is 11.3. The average molecular weight is 419 g/mol. The van der Waals surface area contributed by atoms with Crippen molar-refractivity contribution < 1.29 is 0 Å². The Morgan fingerprint density at radius 1 is 1.14 bits per heavy atom. The second-order valence-electron chi connectivity index (χ2n) is 7.63. The van der Waals surface area contributed by atoms with Crippen molar-refractivity contribution in [3.8, 4) is 22.4 Å². The predicted octanol–water partition coefficient (Wildman–Crippen LogP) is 5.79. The van der Waals surface area contributed by atoms with E-state index in [0.717, 1.165) is 32.5 Å². The summed E-state index contributed by atoms with van der Waals surface area (Å²) in [6.07, 6.45) is 7.57. The second kappa shape index (κ2) is 7.94. The van der Waals surface area contributed by atoms with Crippen LogP contribution in [0.1, 0.15) is 31.2 Å². The highest BCUT2D eigenvalue weighted by molar-refractivity contribution is 7.98. The van der Waals surface area contributed by atoms with Crippen LogP contribution in [0.25, 0.3) is 16.2 Å². The van der Waals surface area contributed by atoms with Crippen LogP contribution in [0.2, 0.25) is 0 Å². The molecule has 0 amide bonds. The molecule has 0 unspecified atom stereocenters. The van der Waals surface area contributed by atoms with E-state index in [4.69, 9.17) is 4.98 Å². The van der Waals surface area contributed by atoms with Gasteiger partial charge in [0.15, 0.2) is 5.65 Å². The number of hydrogen-bond acceptors (Lipinski definition) is 5. The number of thiophene rings is 1. The summed E-state index contributed by atoms with van der Waals surface area (Å²) >= 11 is 3.38. The zero-order valence-electron chi connectivity index (χ0n) is 16.9. The Labute approximate surface area is 179 Å². The molecule has 0 aliphatic heterocycles. The van der Waals surface area contributed by atoms with Crippen LogP contribution in [0, 0.1) is 11.8 Å². The third-order valence-corrected chi connectivity index (χ3v) is 5.90. The Balaban J connectivity index is 1.70. The van der Waals surface area contributed by atoms with Crippen molar-refractivity contribution in [2.24, 2.45) is 0 Å². The van der Waals surface area contributed by atoms with Gasteiger partial charge in [0.25, 0.3) is 0 Å². The molecule has 6 heteroatoms. The Hall–Kier alpha value is -2.75. The first-order valence-corrected chi connectivity index (χ1v) is 11.3. The summed E-state index contributed by atoms with van der Waals surface area (Å²) in [5, 5.41) is 3.59. The predicted molar refractivity (Wildman–Crippen MR) is 124 cm³/mol. The van der Waals surface area contributed by atoms with Crippen LogP contribution in [0.3, 0.4) is 0 Å². The fourth-order valence-electron chi connectivity index (χ4n) is 2.92. The smallest absolute Gasteiger partial charge is 0.157 e. The maximum absolute atomic E-state index is 4.82. The first-order valence-electron chi connectivity index (χ1n) is 9.29. The van der Waals surface area contributed by atoms with E-state index in [9.17, 15) is 0 Å². The van der Waals surface area contributed by atoms with Crippen LogP contribution in [-0.2, 0) is 0 Å². The van der Waals surface area contributed by atoms with Gasteiger partial charge >= 0.3 is 0 Å². The monoisotopic (exact) mass is 418 g/mol. The fourth-order valence-corrected chi connectivity index (χ4v) is 4.23. The number of thioether (sulfide) groups is 1. The number of aromatic nitrogens is 3. The summed E-state index contributed by atoms with van der Waals surface area (Å²) < 4.78 is 2.05. The minimum atomic E-state index is -0.0871. The second-order valence-corrected chi connectivity index (χ2v) is 9.60. The molecule has 0 radical (unpaired) electrons. The molecule has 0 fully saturated rings. The third kappa shape index (κ3) is 4.47. The minimum Gasteiger partial charge on any atom is -0.365 e. The van der Waals surface area contributed by atoms with E-state index in [1.807, 2.05) is 22.7 Å². The number of imidazole rings is 1. The molecule has 146 valence electrons. The molecule has 0 aliphatic rings. The number of fused-ring (bicyclic) bond motifs is 1. The van der Waals surface area contributed by atoms with Gasteiger partial charge in [0.05, 0.1) is 16.0 Å². The van der Waals surface area contributed by atoms with Crippen molar-refractivity contribution in [1.29, 1.82) is 0 Å². The standard InChI is InChI=1S/C23H22N4S2/c1-23(2,3)26-22-21(25-20-15-24-12-13-27(20)22)19-11-10-17(29-19)9-8-16-6-5-7-18(14-16)28-4/h5-7,10-15,26H,1-4H3. The Bertz CT molecular complexity index is 1220. The molecule has 1 N–H and O–H groups in total. The molecular weight excluding hydrogens is 396 g/mol. The van der Waals surface area contributed by atoms with Gasteiger partial charge in [0.2, 0.25) is 0 Å². The van der Waals surface area contributed by atoms with Crippen LogP contribution in [0.5, 0.6) is 0 Å². The highest BCUT2D eigenvalue weighted by Gasteiger charge is 2.20. The molecule has 29 heavy (non-hydrogen) atoms. The van der Waals surface area contributed by atoms with E-state index in [-0.39, 0.29) is 5.54 Å². The lowest BCUT2D eigenvalue weighted by Crippen LogP contribution is -2.27. The van der Waals surface area contributed by atoms with Crippen LogP contribution in [0.4, 0.5) is 5.82 Å².